The number of rotatable bonds is 4. The Morgan fingerprint density at radius 1 is 1.22 bits per heavy atom. The van der Waals surface area contributed by atoms with Crippen LogP contribution >= 0.6 is 0 Å². The van der Waals surface area contributed by atoms with Crippen molar-refractivity contribution in [2.45, 2.75) is 57.4 Å². The number of carbonyl (C=O) groups is 3. The van der Waals surface area contributed by atoms with Gasteiger partial charge in [-0.3, -0.25) is 15.0 Å². The Morgan fingerprint density at radius 2 is 2.00 bits per heavy atom. The highest BCUT2D eigenvalue weighted by molar-refractivity contribution is 6.08. The fourth-order valence-electron chi connectivity index (χ4n) is 4.14. The van der Waals surface area contributed by atoms with Gasteiger partial charge in [-0.25, -0.2) is 4.79 Å². The molecule has 2 fully saturated rings. The van der Waals surface area contributed by atoms with Crippen LogP contribution in [0.15, 0.2) is 24.4 Å². The van der Waals surface area contributed by atoms with Gasteiger partial charge in [-0.15, -0.1) is 0 Å². The average molecular weight is 368 g/mol. The van der Waals surface area contributed by atoms with E-state index < -0.39 is 11.6 Å². The molecule has 4 rings (SSSR count). The number of fused-ring (bicyclic) bond motifs is 1. The van der Waals surface area contributed by atoms with E-state index in [9.17, 15) is 14.4 Å². The van der Waals surface area contributed by atoms with Crippen LogP contribution in [-0.4, -0.2) is 33.4 Å². The lowest BCUT2D eigenvalue weighted by molar-refractivity contribution is -0.139. The van der Waals surface area contributed by atoms with E-state index in [0.717, 1.165) is 46.3 Å². The van der Waals surface area contributed by atoms with E-state index in [-0.39, 0.29) is 18.2 Å². The Hall–Kier alpha value is -2.83. The third kappa shape index (κ3) is 3.18. The molecular formula is C20H24N4O3. The third-order valence-electron chi connectivity index (χ3n) is 5.65. The second-order valence-corrected chi connectivity index (χ2v) is 7.61. The minimum Gasteiger partial charge on any atom is -0.361 e. The summed E-state index contributed by atoms with van der Waals surface area (Å²) < 4.78 is 0. The number of benzene rings is 1. The Balaban J connectivity index is 1.40. The lowest BCUT2D eigenvalue weighted by Gasteiger charge is -2.30. The maximum Gasteiger partial charge on any atom is 0.344 e. The number of hydrogen-bond acceptors (Lipinski definition) is 3. The molecule has 0 radical (unpaired) electrons. The number of urea groups is 1. The first-order valence-electron chi connectivity index (χ1n) is 9.51. The van der Waals surface area contributed by atoms with E-state index >= 15 is 0 Å². The van der Waals surface area contributed by atoms with Gasteiger partial charge in [0.05, 0.1) is 0 Å². The quantitative estimate of drug-likeness (QED) is 0.724. The SMILES string of the molecule is Cc1ccc2[nH]cc(CCC(=O)NN3C(=O)NC4(CCCCC4)C3=O)c2c1. The summed E-state index contributed by atoms with van der Waals surface area (Å²) in [5.41, 5.74) is 4.91. The monoisotopic (exact) mass is 368 g/mol. The molecule has 7 nitrogen and oxygen atoms in total. The molecule has 27 heavy (non-hydrogen) atoms. The van der Waals surface area contributed by atoms with Crippen LogP contribution in [-0.2, 0) is 16.0 Å². The summed E-state index contributed by atoms with van der Waals surface area (Å²) in [4.78, 5) is 40.5. The first-order chi connectivity index (χ1) is 13.0. The maximum absolute atomic E-state index is 12.7. The van der Waals surface area contributed by atoms with Crippen molar-refractivity contribution < 1.29 is 14.4 Å². The van der Waals surface area contributed by atoms with Gasteiger partial charge < -0.3 is 10.3 Å². The fraction of sp³-hybridized carbons (Fsp3) is 0.450. The molecule has 1 aliphatic carbocycles. The van der Waals surface area contributed by atoms with Crippen LogP contribution in [0.5, 0.6) is 0 Å². The van der Waals surface area contributed by atoms with Gasteiger partial charge in [0.15, 0.2) is 0 Å². The van der Waals surface area contributed by atoms with Crippen molar-refractivity contribution in [3.63, 3.8) is 0 Å². The molecule has 1 spiro atoms. The zero-order valence-electron chi connectivity index (χ0n) is 15.4. The predicted molar refractivity (Wildman–Crippen MR) is 101 cm³/mol. The summed E-state index contributed by atoms with van der Waals surface area (Å²) in [6.07, 6.45) is 6.80. The topological polar surface area (TPSA) is 94.3 Å². The number of aromatic amines is 1. The number of hydrogen-bond donors (Lipinski definition) is 3. The van der Waals surface area contributed by atoms with E-state index in [4.69, 9.17) is 0 Å². The highest BCUT2D eigenvalue weighted by atomic mass is 16.2. The number of H-pyrrole nitrogens is 1. The number of aryl methyl sites for hydroxylation is 2. The van der Waals surface area contributed by atoms with Gasteiger partial charge in [0.2, 0.25) is 5.91 Å². The van der Waals surface area contributed by atoms with Gasteiger partial charge in [0.1, 0.15) is 5.54 Å². The van der Waals surface area contributed by atoms with E-state index in [1.54, 1.807) is 0 Å². The second kappa shape index (κ2) is 6.72. The summed E-state index contributed by atoms with van der Waals surface area (Å²) >= 11 is 0. The molecule has 1 aromatic heterocycles. The Morgan fingerprint density at radius 3 is 2.78 bits per heavy atom. The Bertz CT molecular complexity index is 911. The van der Waals surface area contributed by atoms with Crippen molar-refractivity contribution in [3.05, 3.63) is 35.5 Å². The number of hydrazine groups is 1. The number of nitrogens with one attached hydrogen (secondary N) is 3. The molecule has 0 atom stereocenters. The molecule has 1 saturated carbocycles. The molecule has 3 N–H and O–H groups in total. The number of amides is 4. The number of aromatic nitrogens is 1. The highest BCUT2D eigenvalue weighted by Gasteiger charge is 2.52. The van der Waals surface area contributed by atoms with Crippen LogP contribution < -0.4 is 10.7 Å². The van der Waals surface area contributed by atoms with Gasteiger partial charge in [0.25, 0.3) is 5.91 Å². The maximum atomic E-state index is 12.7. The van der Waals surface area contributed by atoms with E-state index in [0.29, 0.717) is 19.3 Å². The predicted octanol–water partition coefficient (Wildman–Crippen LogP) is 2.69. The molecular weight excluding hydrogens is 344 g/mol. The molecule has 1 aromatic carbocycles. The van der Waals surface area contributed by atoms with Crippen LogP contribution in [0.3, 0.4) is 0 Å². The van der Waals surface area contributed by atoms with Gasteiger partial charge >= 0.3 is 6.03 Å². The van der Waals surface area contributed by atoms with E-state index in [1.807, 2.05) is 25.3 Å². The van der Waals surface area contributed by atoms with E-state index in [2.05, 4.69) is 21.8 Å². The average Bonchev–Trinajstić information content (AvgIpc) is 3.15. The van der Waals surface area contributed by atoms with Crippen molar-refractivity contribution in [3.8, 4) is 0 Å². The first-order valence-corrected chi connectivity index (χ1v) is 9.51. The summed E-state index contributed by atoms with van der Waals surface area (Å²) in [6.45, 7) is 2.03. The zero-order valence-corrected chi connectivity index (χ0v) is 15.4. The smallest absolute Gasteiger partial charge is 0.344 e. The lowest BCUT2D eigenvalue weighted by Crippen LogP contribution is -2.51. The summed E-state index contributed by atoms with van der Waals surface area (Å²) in [6, 6.07) is 5.61. The number of carbonyl (C=O) groups excluding carboxylic acids is 3. The summed E-state index contributed by atoms with van der Waals surface area (Å²) in [5, 5.41) is 4.76. The molecule has 1 saturated heterocycles. The third-order valence-corrected chi connectivity index (χ3v) is 5.65. The normalized spacial score (nSPS) is 18.9. The molecule has 0 bridgehead atoms. The molecule has 142 valence electrons. The molecule has 2 heterocycles. The summed E-state index contributed by atoms with van der Waals surface area (Å²) in [5.74, 6) is -0.670. The van der Waals surface area contributed by atoms with Crippen LogP contribution in [0, 0.1) is 6.92 Å². The van der Waals surface area contributed by atoms with Crippen LogP contribution in [0.2, 0.25) is 0 Å². The van der Waals surface area contributed by atoms with Crippen molar-refractivity contribution in [1.29, 1.82) is 0 Å². The molecule has 0 unspecified atom stereocenters. The van der Waals surface area contributed by atoms with Crippen molar-refractivity contribution in [2.75, 3.05) is 0 Å². The van der Waals surface area contributed by atoms with Crippen LogP contribution in [0.1, 0.15) is 49.7 Å². The minimum atomic E-state index is -0.822. The van der Waals surface area contributed by atoms with Gasteiger partial charge in [-0.2, -0.15) is 5.01 Å². The highest BCUT2D eigenvalue weighted by Crippen LogP contribution is 2.33. The minimum absolute atomic E-state index is 0.199. The van der Waals surface area contributed by atoms with Gasteiger partial charge in [0, 0.05) is 23.5 Å². The fourth-order valence-corrected chi connectivity index (χ4v) is 4.14. The Kier molecular flexibility index (Phi) is 4.37. The largest absolute Gasteiger partial charge is 0.361 e. The first kappa shape index (κ1) is 17.6. The van der Waals surface area contributed by atoms with Crippen LogP contribution in [0.4, 0.5) is 4.79 Å². The molecule has 7 heteroatoms. The number of imide groups is 1. The lowest BCUT2D eigenvalue weighted by atomic mass is 9.82. The van der Waals surface area contributed by atoms with Crippen molar-refractivity contribution in [2.24, 2.45) is 0 Å². The van der Waals surface area contributed by atoms with Crippen molar-refractivity contribution >= 4 is 28.7 Å². The molecule has 1 aliphatic heterocycles. The van der Waals surface area contributed by atoms with Crippen molar-refractivity contribution in [1.82, 2.24) is 20.7 Å². The van der Waals surface area contributed by atoms with E-state index in [1.165, 1.54) is 0 Å². The second-order valence-electron chi connectivity index (χ2n) is 7.61. The van der Waals surface area contributed by atoms with Crippen LogP contribution in [0.25, 0.3) is 10.9 Å². The summed E-state index contributed by atoms with van der Waals surface area (Å²) in [7, 11) is 0. The molecule has 2 aromatic rings. The Labute approximate surface area is 157 Å². The number of nitrogens with zero attached hydrogens (tertiary/aromatic N) is 1. The van der Waals surface area contributed by atoms with Gasteiger partial charge in [-0.1, -0.05) is 30.9 Å². The molecule has 4 amide bonds. The standard InChI is InChI=1S/C20H24N4O3/c1-13-5-7-16-15(11-13)14(12-21-16)6-8-17(25)23-24-18(26)20(22-19(24)27)9-3-2-4-10-20/h5,7,11-12,21H,2-4,6,8-10H2,1H3,(H,22,27)(H,23,25). The zero-order chi connectivity index (χ0) is 19.0. The van der Waals surface area contributed by atoms with Gasteiger partial charge in [-0.05, 0) is 43.9 Å². The molecule has 2 aliphatic rings.